The summed E-state index contributed by atoms with van der Waals surface area (Å²) in [6.07, 6.45) is 16.4. The first-order valence-corrected chi connectivity index (χ1v) is 11.9. The second kappa shape index (κ2) is 8.69. The second-order valence-corrected chi connectivity index (χ2v) is 10.7. The van der Waals surface area contributed by atoms with Crippen molar-refractivity contribution in [3.63, 3.8) is 0 Å². The molecule has 0 aromatic carbocycles. The Bertz CT molecular complexity index is 270. The average Bonchev–Trinajstić information content (AvgIpc) is 2.83. The van der Waals surface area contributed by atoms with E-state index in [9.17, 15) is 0 Å². The fourth-order valence-electron chi connectivity index (χ4n) is 2.87. The van der Waals surface area contributed by atoms with Gasteiger partial charge in [0.25, 0.3) is 0 Å². The third-order valence-electron chi connectivity index (χ3n) is 3.96. The van der Waals surface area contributed by atoms with Crippen molar-refractivity contribution in [2.24, 2.45) is 0 Å². The summed E-state index contributed by atoms with van der Waals surface area (Å²) in [7, 11) is 4.44. The van der Waals surface area contributed by atoms with E-state index >= 15 is 0 Å². The molecule has 0 spiro atoms. The molecule has 1 unspecified atom stereocenters. The van der Waals surface area contributed by atoms with Crippen LogP contribution in [-0.2, 0) is 0 Å². The van der Waals surface area contributed by atoms with E-state index in [0.717, 1.165) is 13.5 Å². The Balaban J connectivity index is 1.84. The fourth-order valence-corrected chi connectivity index (χ4v) is 8.87. The van der Waals surface area contributed by atoms with Crippen LogP contribution >= 0.6 is 23.3 Å². The summed E-state index contributed by atoms with van der Waals surface area (Å²) in [4.78, 5) is 0. The van der Waals surface area contributed by atoms with Gasteiger partial charge in [-0.15, -0.1) is 0 Å². The van der Waals surface area contributed by atoms with Crippen LogP contribution in [0.2, 0.25) is 0 Å². The first-order valence-electron chi connectivity index (χ1n) is 7.32. The molecule has 1 heterocycles. The topological polar surface area (TPSA) is 0 Å². The Morgan fingerprint density at radius 2 is 1.35 bits per heavy atom. The van der Waals surface area contributed by atoms with E-state index in [1.807, 2.05) is 5.30 Å². The van der Waals surface area contributed by atoms with E-state index in [-0.39, 0.29) is 0 Å². The zero-order chi connectivity index (χ0) is 11.8. The van der Waals surface area contributed by atoms with E-state index in [4.69, 9.17) is 0 Å². The van der Waals surface area contributed by atoms with E-state index in [0.29, 0.717) is 0 Å². The lowest BCUT2D eigenvalue weighted by atomic mass is 9.92. The molecule has 2 rings (SSSR count). The van der Waals surface area contributed by atoms with Gasteiger partial charge in [-0.1, -0.05) is 73.2 Å². The van der Waals surface area contributed by atoms with E-state index in [2.05, 4.69) is 5.80 Å². The highest BCUT2D eigenvalue weighted by molar-refractivity contribution is 8.17. The highest BCUT2D eigenvalue weighted by atomic mass is 32.1. The van der Waals surface area contributed by atoms with Crippen LogP contribution in [0, 0.1) is 0 Å². The number of hydrogen-bond donors (Lipinski definition) is 0. The third kappa shape index (κ3) is 5.42. The van der Waals surface area contributed by atoms with Crippen molar-refractivity contribution in [1.29, 1.82) is 0 Å². The van der Waals surface area contributed by atoms with Crippen LogP contribution in [0.15, 0.2) is 5.80 Å². The molecular weight excluding hydrogens is 261 g/mol. The number of hydrogen-bond acceptors (Lipinski definition) is 0. The predicted molar refractivity (Wildman–Crippen MR) is 84.5 cm³/mol. The highest BCUT2D eigenvalue weighted by Gasteiger charge is 2.12. The zero-order valence-electron chi connectivity index (χ0n) is 10.8. The maximum atomic E-state index is 2.54. The second-order valence-electron chi connectivity index (χ2n) is 5.35. The van der Waals surface area contributed by atoms with Crippen molar-refractivity contribution in [2.75, 3.05) is 0 Å². The summed E-state index contributed by atoms with van der Waals surface area (Å²) >= 11 is 0. The normalized spacial score (nSPS) is 23.1. The van der Waals surface area contributed by atoms with Gasteiger partial charge < -0.3 is 0 Å². The quantitative estimate of drug-likeness (QED) is 0.509. The summed E-state index contributed by atoms with van der Waals surface area (Å²) < 4.78 is 0. The Labute approximate surface area is 111 Å². The zero-order valence-corrected chi connectivity index (χ0v) is 13.6. The van der Waals surface area contributed by atoms with Gasteiger partial charge in [0.1, 0.15) is 0 Å². The van der Waals surface area contributed by atoms with Gasteiger partial charge in [0, 0.05) is 0 Å². The summed E-state index contributed by atoms with van der Waals surface area (Å²) in [5, 5.41) is 1.81. The third-order valence-corrected chi connectivity index (χ3v) is 9.28. The van der Waals surface area contributed by atoms with Crippen LogP contribution in [-0.4, -0.2) is 0 Å². The van der Waals surface area contributed by atoms with Crippen molar-refractivity contribution in [3.05, 3.63) is 11.1 Å². The van der Waals surface area contributed by atoms with Crippen LogP contribution in [0.25, 0.3) is 0 Å². The van der Waals surface area contributed by atoms with Crippen LogP contribution in [0.1, 0.15) is 81.8 Å². The Morgan fingerprint density at radius 3 is 1.82 bits per heavy atom. The molecule has 0 aliphatic heterocycles. The van der Waals surface area contributed by atoms with Crippen molar-refractivity contribution in [3.8, 4) is 0 Å². The minimum absolute atomic E-state index is 0.957. The standard InChI is InChI=1S/C14H25P3/c1-2-4-6-8-10-13(11-9-7-5-3-1)14-12-15-17-16-14/h12-13,17H,1-11H2. The smallest absolute Gasteiger partial charge is 0.00866 e. The molecule has 1 fully saturated rings. The van der Waals surface area contributed by atoms with Crippen LogP contribution in [0.4, 0.5) is 0 Å². The molecule has 0 N–H and O–H groups in total. The Morgan fingerprint density at radius 1 is 0.824 bits per heavy atom. The SMILES string of the molecule is c1p[pH]pc1C1CCCCCCCCCCC1. The summed E-state index contributed by atoms with van der Waals surface area (Å²) in [5.41, 5.74) is 0. The molecule has 0 amide bonds. The van der Waals surface area contributed by atoms with Crippen LogP contribution < -0.4 is 0 Å². The average molecular weight is 286 g/mol. The van der Waals surface area contributed by atoms with Gasteiger partial charge in [0.2, 0.25) is 0 Å². The van der Waals surface area contributed by atoms with Crippen LogP contribution in [0.3, 0.4) is 0 Å². The number of rotatable bonds is 1. The summed E-state index contributed by atoms with van der Waals surface area (Å²) in [5.74, 6) is 3.50. The molecular formula is C14H25P3. The van der Waals surface area contributed by atoms with Crippen molar-refractivity contribution in [2.45, 2.75) is 76.5 Å². The largest absolute Gasteiger partial charge is 0.0815 e. The predicted octanol–water partition coefficient (Wildman–Crippen LogP) is 7.27. The van der Waals surface area contributed by atoms with E-state index in [1.54, 1.807) is 15.7 Å². The van der Waals surface area contributed by atoms with Gasteiger partial charge >= 0.3 is 0 Å². The summed E-state index contributed by atoms with van der Waals surface area (Å²) in [6.45, 7) is 0. The first kappa shape index (κ1) is 14.1. The minimum atomic E-state index is 0.957. The lowest BCUT2D eigenvalue weighted by Crippen LogP contribution is -1.98. The molecule has 96 valence electrons. The monoisotopic (exact) mass is 286 g/mol. The lowest BCUT2D eigenvalue weighted by Gasteiger charge is -2.16. The van der Waals surface area contributed by atoms with Gasteiger partial charge in [-0.05, 0) is 37.7 Å². The molecule has 1 aromatic rings. The van der Waals surface area contributed by atoms with Gasteiger partial charge in [0.05, 0.1) is 0 Å². The first-order chi connectivity index (χ1) is 8.47. The minimum Gasteiger partial charge on any atom is -0.0815 e. The Hall–Kier alpha value is 0.640. The van der Waals surface area contributed by atoms with E-state index in [1.165, 1.54) is 70.6 Å². The fraction of sp³-hybridized carbons (Fsp3) is 0.857. The van der Waals surface area contributed by atoms with Gasteiger partial charge in [-0.2, -0.15) is 0 Å². The van der Waals surface area contributed by atoms with Gasteiger partial charge in [-0.3, -0.25) is 0 Å². The van der Waals surface area contributed by atoms with Crippen molar-refractivity contribution < 1.29 is 0 Å². The molecule has 0 nitrogen and oxygen atoms in total. The summed E-state index contributed by atoms with van der Waals surface area (Å²) in [6, 6.07) is 0. The molecule has 17 heavy (non-hydrogen) atoms. The van der Waals surface area contributed by atoms with E-state index < -0.39 is 0 Å². The molecule has 0 bridgehead atoms. The molecule has 1 aliphatic carbocycles. The molecule has 0 radical (unpaired) electrons. The molecule has 1 aromatic heterocycles. The molecule has 3 heteroatoms. The maximum Gasteiger partial charge on any atom is -0.00866 e. The van der Waals surface area contributed by atoms with Crippen molar-refractivity contribution in [1.82, 2.24) is 0 Å². The molecule has 1 atom stereocenters. The molecule has 1 saturated carbocycles. The lowest BCUT2D eigenvalue weighted by molar-refractivity contribution is 0.471. The van der Waals surface area contributed by atoms with Gasteiger partial charge in [0.15, 0.2) is 0 Å². The maximum absolute atomic E-state index is 2.54. The molecule has 1 aliphatic rings. The van der Waals surface area contributed by atoms with Crippen LogP contribution in [0.5, 0.6) is 0 Å². The Kier molecular flexibility index (Phi) is 7.19. The van der Waals surface area contributed by atoms with Crippen molar-refractivity contribution >= 4 is 23.3 Å². The highest BCUT2D eigenvalue weighted by Crippen LogP contribution is 2.43. The van der Waals surface area contributed by atoms with Gasteiger partial charge in [-0.25, -0.2) is 0 Å². The molecule has 0 saturated heterocycles.